The zero-order valence-electron chi connectivity index (χ0n) is 15.0. The van der Waals surface area contributed by atoms with Gasteiger partial charge in [0.2, 0.25) is 15.9 Å². The number of benzene rings is 2. The highest BCUT2D eigenvalue weighted by atomic mass is 35.5. The summed E-state index contributed by atoms with van der Waals surface area (Å²) in [5, 5.41) is 22.1. The first-order valence-electron chi connectivity index (χ1n) is 8.64. The minimum Gasteiger partial charge on any atom is -0.392 e. The van der Waals surface area contributed by atoms with Crippen molar-refractivity contribution in [2.24, 2.45) is 0 Å². The Morgan fingerprint density at radius 1 is 1.31 bits per heavy atom. The number of amides is 1. The lowest BCUT2D eigenvalue weighted by atomic mass is 10.2. The predicted octanol–water partition coefficient (Wildman–Crippen LogP) is 1.79. The molecule has 2 aromatic rings. The normalized spacial score (nSPS) is 19.7. The summed E-state index contributed by atoms with van der Waals surface area (Å²) in [6.07, 6.45) is -1.09. The second kappa shape index (κ2) is 8.47. The third kappa shape index (κ3) is 4.57. The minimum absolute atomic E-state index is 0.0714. The molecule has 1 saturated heterocycles. The molecule has 0 unspecified atom stereocenters. The molecule has 1 heterocycles. The van der Waals surface area contributed by atoms with Gasteiger partial charge in [0, 0.05) is 24.5 Å². The van der Waals surface area contributed by atoms with Gasteiger partial charge >= 0.3 is 0 Å². The number of nitrogens with zero attached hydrogens (tertiary/aromatic N) is 2. The molecule has 0 bridgehead atoms. The van der Waals surface area contributed by atoms with Crippen LogP contribution in [0, 0.1) is 17.1 Å². The van der Waals surface area contributed by atoms with Crippen molar-refractivity contribution in [1.82, 2.24) is 9.62 Å². The fraction of sp³-hybridized carbons (Fsp3) is 0.263. The SMILES string of the molecule is N#Cc1cc(S(=O)(=O)N2C[C@H](O)C[C@H]2C(=O)NCc2ccc(Cl)cc2)ccc1F. The molecule has 1 fully saturated rings. The van der Waals surface area contributed by atoms with Crippen molar-refractivity contribution in [3.63, 3.8) is 0 Å². The molecular weight excluding hydrogens is 421 g/mol. The average molecular weight is 438 g/mol. The van der Waals surface area contributed by atoms with E-state index in [4.69, 9.17) is 16.9 Å². The first-order valence-corrected chi connectivity index (χ1v) is 10.5. The van der Waals surface area contributed by atoms with E-state index in [1.54, 1.807) is 30.3 Å². The molecule has 0 aliphatic carbocycles. The Labute approximate surface area is 172 Å². The lowest BCUT2D eigenvalue weighted by Crippen LogP contribution is -2.45. The van der Waals surface area contributed by atoms with E-state index < -0.39 is 39.5 Å². The van der Waals surface area contributed by atoms with Crippen LogP contribution in [0.4, 0.5) is 4.39 Å². The number of aliphatic hydroxyl groups excluding tert-OH is 1. The summed E-state index contributed by atoms with van der Waals surface area (Å²) in [5.74, 6) is -1.41. The number of hydrogen-bond acceptors (Lipinski definition) is 5. The summed E-state index contributed by atoms with van der Waals surface area (Å²) in [5.41, 5.74) is 0.349. The smallest absolute Gasteiger partial charge is 0.243 e. The summed E-state index contributed by atoms with van der Waals surface area (Å²) >= 11 is 5.82. The van der Waals surface area contributed by atoms with Crippen LogP contribution in [0.3, 0.4) is 0 Å². The zero-order valence-corrected chi connectivity index (χ0v) is 16.6. The van der Waals surface area contributed by atoms with Crippen LogP contribution in [0.5, 0.6) is 0 Å². The van der Waals surface area contributed by atoms with Crippen LogP contribution in [0.1, 0.15) is 17.5 Å². The van der Waals surface area contributed by atoms with E-state index in [0.717, 1.165) is 28.1 Å². The number of aliphatic hydroxyl groups is 1. The largest absolute Gasteiger partial charge is 0.392 e. The van der Waals surface area contributed by atoms with E-state index in [1.165, 1.54) is 0 Å². The molecule has 1 aliphatic heterocycles. The van der Waals surface area contributed by atoms with Crippen molar-refractivity contribution < 1.29 is 22.7 Å². The van der Waals surface area contributed by atoms with Crippen LogP contribution >= 0.6 is 11.6 Å². The Balaban J connectivity index is 1.81. The standard InChI is InChI=1S/C19H17ClFN3O4S/c20-14-3-1-12(2-4-14)10-23-19(26)18-8-15(25)11-24(18)29(27,28)16-5-6-17(21)13(7-16)9-22/h1-7,15,18,25H,8,10-11H2,(H,23,26)/t15-,18+/m1/s1. The molecular formula is C19H17ClFN3O4S. The first-order chi connectivity index (χ1) is 13.7. The van der Waals surface area contributed by atoms with Crippen molar-refractivity contribution in [3.05, 3.63) is 64.4 Å². The van der Waals surface area contributed by atoms with Crippen molar-refractivity contribution in [3.8, 4) is 6.07 Å². The Bertz CT molecular complexity index is 1070. The van der Waals surface area contributed by atoms with Gasteiger partial charge in [-0.2, -0.15) is 9.57 Å². The van der Waals surface area contributed by atoms with Crippen molar-refractivity contribution in [2.75, 3.05) is 6.54 Å². The second-order valence-corrected chi connectivity index (χ2v) is 8.90. The Hall–Kier alpha value is -2.51. The van der Waals surface area contributed by atoms with Gasteiger partial charge in [-0.3, -0.25) is 4.79 Å². The highest BCUT2D eigenvalue weighted by Crippen LogP contribution is 2.27. The number of rotatable bonds is 5. The third-order valence-electron chi connectivity index (χ3n) is 4.58. The molecule has 3 rings (SSSR count). The second-order valence-electron chi connectivity index (χ2n) is 6.58. The lowest BCUT2D eigenvalue weighted by molar-refractivity contribution is -0.124. The van der Waals surface area contributed by atoms with Crippen LogP contribution in [0.15, 0.2) is 47.4 Å². The number of hydrogen-bond donors (Lipinski definition) is 2. The van der Waals surface area contributed by atoms with Crippen molar-refractivity contribution >= 4 is 27.5 Å². The summed E-state index contributed by atoms with van der Waals surface area (Å²) in [4.78, 5) is 12.3. The molecule has 0 spiro atoms. The zero-order chi connectivity index (χ0) is 21.2. The number of nitrogens with one attached hydrogen (secondary N) is 1. The van der Waals surface area contributed by atoms with Gasteiger partial charge in [0.05, 0.1) is 16.6 Å². The predicted molar refractivity (Wildman–Crippen MR) is 103 cm³/mol. The molecule has 2 N–H and O–H groups in total. The Morgan fingerprint density at radius 3 is 2.66 bits per heavy atom. The molecule has 2 aromatic carbocycles. The van der Waals surface area contributed by atoms with Gasteiger partial charge in [-0.25, -0.2) is 12.8 Å². The van der Waals surface area contributed by atoms with Gasteiger partial charge in [-0.05, 0) is 35.9 Å². The summed E-state index contributed by atoms with van der Waals surface area (Å²) in [6.45, 7) is -0.119. The highest BCUT2D eigenvalue weighted by Gasteiger charge is 2.43. The van der Waals surface area contributed by atoms with Gasteiger partial charge in [0.25, 0.3) is 0 Å². The van der Waals surface area contributed by atoms with E-state index in [1.807, 2.05) is 0 Å². The van der Waals surface area contributed by atoms with E-state index in [2.05, 4.69) is 5.32 Å². The monoisotopic (exact) mass is 437 g/mol. The third-order valence-corrected chi connectivity index (χ3v) is 6.70. The summed E-state index contributed by atoms with van der Waals surface area (Å²) < 4.78 is 40.4. The maximum Gasteiger partial charge on any atom is 0.243 e. The quantitative estimate of drug-likeness (QED) is 0.741. The van der Waals surface area contributed by atoms with Gasteiger partial charge in [-0.1, -0.05) is 23.7 Å². The fourth-order valence-corrected chi connectivity index (χ4v) is 4.87. The highest BCUT2D eigenvalue weighted by molar-refractivity contribution is 7.89. The summed E-state index contributed by atoms with van der Waals surface area (Å²) in [6, 6.07) is 10.1. The number of β-amino-alcohol motifs (C(OH)–C–C–N with tert-alkyl or cyclic N) is 1. The van der Waals surface area contributed by atoms with Gasteiger partial charge in [-0.15, -0.1) is 0 Å². The summed E-state index contributed by atoms with van der Waals surface area (Å²) in [7, 11) is -4.23. The number of halogens is 2. The Morgan fingerprint density at radius 2 is 2.00 bits per heavy atom. The molecule has 1 aliphatic rings. The van der Waals surface area contributed by atoms with Crippen LogP contribution < -0.4 is 5.32 Å². The maximum atomic E-state index is 13.5. The van der Waals surface area contributed by atoms with Crippen LogP contribution in [-0.4, -0.2) is 42.4 Å². The molecule has 152 valence electrons. The Kier molecular flexibility index (Phi) is 6.19. The van der Waals surface area contributed by atoms with E-state index in [-0.39, 0.29) is 24.4 Å². The topological polar surface area (TPSA) is 110 Å². The number of carbonyl (C=O) groups is 1. The average Bonchev–Trinajstić information content (AvgIpc) is 3.10. The molecule has 0 saturated carbocycles. The molecule has 1 amide bonds. The van der Waals surface area contributed by atoms with Gasteiger partial charge in [0.15, 0.2) is 0 Å². The van der Waals surface area contributed by atoms with Gasteiger partial charge < -0.3 is 10.4 Å². The van der Waals surface area contributed by atoms with Crippen molar-refractivity contribution in [1.29, 1.82) is 5.26 Å². The number of sulfonamides is 1. The van der Waals surface area contributed by atoms with Crippen molar-refractivity contribution in [2.45, 2.75) is 30.0 Å². The number of nitriles is 1. The van der Waals surface area contributed by atoms with Crippen LogP contribution in [0.2, 0.25) is 5.02 Å². The maximum absolute atomic E-state index is 13.5. The lowest BCUT2D eigenvalue weighted by Gasteiger charge is -2.23. The number of carbonyl (C=O) groups excluding carboxylic acids is 1. The van der Waals surface area contributed by atoms with E-state index >= 15 is 0 Å². The molecule has 7 nitrogen and oxygen atoms in total. The molecule has 10 heteroatoms. The first kappa shape index (κ1) is 21.2. The van der Waals surface area contributed by atoms with Crippen LogP contribution in [0.25, 0.3) is 0 Å². The molecule has 2 atom stereocenters. The molecule has 0 radical (unpaired) electrons. The minimum atomic E-state index is -4.23. The fourth-order valence-electron chi connectivity index (χ4n) is 3.08. The molecule has 29 heavy (non-hydrogen) atoms. The van der Waals surface area contributed by atoms with E-state index in [0.29, 0.717) is 5.02 Å². The van der Waals surface area contributed by atoms with Crippen LogP contribution in [-0.2, 0) is 21.4 Å². The molecule has 0 aromatic heterocycles. The van der Waals surface area contributed by atoms with E-state index in [9.17, 15) is 22.7 Å². The van der Waals surface area contributed by atoms with Gasteiger partial charge in [0.1, 0.15) is 17.9 Å².